The van der Waals surface area contributed by atoms with Gasteiger partial charge < -0.3 is 8.98 Å². The van der Waals surface area contributed by atoms with Crippen LogP contribution in [0.15, 0.2) is 217 Å². The van der Waals surface area contributed by atoms with Crippen molar-refractivity contribution >= 4 is 65.3 Å². The molecule has 10 aromatic carbocycles. The van der Waals surface area contributed by atoms with Crippen LogP contribution in [0.5, 0.6) is 0 Å². The van der Waals surface area contributed by atoms with Gasteiger partial charge in [-0.05, 0) is 96.9 Å². The van der Waals surface area contributed by atoms with Gasteiger partial charge in [-0.15, -0.1) is 0 Å². The van der Waals surface area contributed by atoms with Gasteiger partial charge in [0.05, 0.1) is 11.0 Å². The summed E-state index contributed by atoms with van der Waals surface area (Å²) in [6.45, 7) is 0. The quantitative estimate of drug-likeness (QED) is 0.161. The number of nitrogens with zero attached hydrogens (tertiary/aromatic N) is 1. The Labute approximate surface area is 335 Å². The number of rotatable bonds is 5. The van der Waals surface area contributed by atoms with Crippen LogP contribution >= 0.6 is 0 Å². The SMILES string of the molecule is c1ccc(-c2c3ccccc3c(-c3ccccc3)c3cc(-c4ccc(-n5c6ccccc6c6ccc(-c7cccc8c7oc7ccccc78)cc65)cc4)ccc23)cc1. The fourth-order valence-corrected chi connectivity index (χ4v) is 9.38. The average molecular weight is 738 g/mol. The summed E-state index contributed by atoms with van der Waals surface area (Å²) >= 11 is 0. The third-order valence-corrected chi connectivity index (χ3v) is 12.0. The van der Waals surface area contributed by atoms with Gasteiger partial charge in [0.2, 0.25) is 0 Å². The molecule has 0 saturated carbocycles. The van der Waals surface area contributed by atoms with Crippen molar-refractivity contribution in [2.45, 2.75) is 0 Å². The molecule has 0 fully saturated rings. The van der Waals surface area contributed by atoms with E-state index in [0.717, 1.165) is 44.3 Å². The van der Waals surface area contributed by atoms with Crippen molar-refractivity contribution in [3.63, 3.8) is 0 Å². The van der Waals surface area contributed by atoms with Crippen molar-refractivity contribution < 1.29 is 4.42 Å². The lowest BCUT2D eigenvalue weighted by atomic mass is 9.85. The molecule has 270 valence electrons. The van der Waals surface area contributed by atoms with E-state index in [9.17, 15) is 0 Å². The molecule has 2 heteroatoms. The molecular formula is C56H35NO. The number of furan rings is 1. The lowest BCUT2D eigenvalue weighted by Crippen LogP contribution is -1.94. The zero-order valence-corrected chi connectivity index (χ0v) is 31.6. The zero-order valence-electron chi connectivity index (χ0n) is 31.6. The fraction of sp³-hybridized carbons (Fsp3) is 0. The predicted octanol–water partition coefficient (Wildman–Crippen LogP) is 15.7. The monoisotopic (exact) mass is 737 g/mol. The molecule has 58 heavy (non-hydrogen) atoms. The van der Waals surface area contributed by atoms with Crippen LogP contribution in [0.4, 0.5) is 0 Å². The fourth-order valence-electron chi connectivity index (χ4n) is 9.38. The van der Waals surface area contributed by atoms with E-state index in [1.165, 1.54) is 71.2 Å². The summed E-state index contributed by atoms with van der Waals surface area (Å²) in [6.07, 6.45) is 0. The minimum Gasteiger partial charge on any atom is -0.455 e. The molecule has 0 aliphatic rings. The van der Waals surface area contributed by atoms with Crippen molar-refractivity contribution in [2.24, 2.45) is 0 Å². The van der Waals surface area contributed by atoms with Gasteiger partial charge in [-0.25, -0.2) is 0 Å². The van der Waals surface area contributed by atoms with E-state index >= 15 is 0 Å². The second kappa shape index (κ2) is 12.9. The van der Waals surface area contributed by atoms with Gasteiger partial charge >= 0.3 is 0 Å². The predicted molar refractivity (Wildman–Crippen MR) is 245 cm³/mol. The van der Waals surface area contributed by atoms with Gasteiger partial charge in [-0.3, -0.25) is 0 Å². The molecule has 0 aliphatic carbocycles. The molecule has 2 heterocycles. The van der Waals surface area contributed by atoms with Gasteiger partial charge in [0.15, 0.2) is 0 Å². The Balaban J connectivity index is 1.02. The van der Waals surface area contributed by atoms with Gasteiger partial charge in [-0.2, -0.15) is 0 Å². The smallest absolute Gasteiger partial charge is 0.143 e. The van der Waals surface area contributed by atoms with Gasteiger partial charge in [-0.1, -0.05) is 176 Å². The van der Waals surface area contributed by atoms with Crippen molar-refractivity contribution in [1.29, 1.82) is 0 Å². The van der Waals surface area contributed by atoms with E-state index in [-0.39, 0.29) is 0 Å². The van der Waals surface area contributed by atoms with Gasteiger partial charge in [0.25, 0.3) is 0 Å². The molecular weight excluding hydrogens is 703 g/mol. The number of para-hydroxylation sites is 3. The molecule has 0 radical (unpaired) electrons. The Morgan fingerprint density at radius 1 is 0.293 bits per heavy atom. The summed E-state index contributed by atoms with van der Waals surface area (Å²) in [7, 11) is 0. The van der Waals surface area contributed by atoms with E-state index in [1.54, 1.807) is 0 Å². The molecule has 2 aromatic heterocycles. The van der Waals surface area contributed by atoms with E-state index in [0.29, 0.717) is 0 Å². The molecule has 12 aromatic rings. The van der Waals surface area contributed by atoms with Gasteiger partial charge in [0, 0.05) is 32.8 Å². The number of hydrogen-bond donors (Lipinski definition) is 0. The molecule has 12 rings (SSSR count). The van der Waals surface area contributed by atoms with E-state index < -0.39 is 0 Å². The van der Waals surface area contributed by atoms with E-state index in [1.807, 2.05) is 12.1 Å². The van der Waals surface area contributed by atoms with Crippen molar-refractivity contribution in [1.82, 2.24) is 4.57 Å². The summed E-state index contributed by atoms with van der Waals surface area (Å²) in [5.74, 6) is 0. The van der Waals surface area contributed by atoms with E-state index in [4.69, 9.17) is 4.42 Å². The first kappa shape index (κ1) is 32.6. The molecule has 0 N–H and O–H groups in total. The summed E-state index contributed by atoms with van der Waals surface area (Å²) in [5, 5.41) is 9.77. The lowest BCUT2D eigenvalue weighted by Gasteiger charge is -2.19. The summed E-state index contributed by atoms with van der Waals surface area (Å²) < 4.78 is 8.89. The first-order valence-corrected chi connectivity index (χ1v) is 19.9. The zero-order chi connectivity index (χ0) is 38.2. The maximum absolute atomic E-state index is 6.48. The Bertz CT molecular complexity index is 3540. The molecule has 0 bridgehead atoms. The summed E-state index contributed by atoms with van der Waals surface area (Å²) in [5.41, 5.74) is 14.9. The van der Waals surface area contributed by atoms with Gasteiger partial charge in [0.1, 0.15) is 11.2 Å². The Hall–Kier alpha value is -7.68. The highest BCUT2D eigenvalue weighted by Crippen LogP contribution is 2.45. The largest absolute Gasteiger partial charge is 0.455 e. The molecule has 0 saturated heterocycles. The number of fused-ring (bicyclic) bond motifs is 8. The first-order chi connectivity index (χ1) is 28.8. The van der Waals surface area contributed by atoms with Crippen LogP contribution in [0.3, 0.4) is 0 Å². The molecule has 2 nitrogen and oxygen atoms in total. The second-order valence-electron chi connectivity index (χ2n) is 15.2. The third kappa shape index (κ3) is 4.99. The minimum absolute atomic E-state index is 0.910. The Morgan fingerprint density at radius 3 is 1.57 bits per heavy atom. The third-order valence-electron chi connectivity index (χ3n) is 12.0. The average Bonchev–Trinajstić information content (AvgIpc) is 3.84. The van der Waals surface area contributed by atoms with Crippen molar-refractivity contribution in [3.8, 4) is 50.2 Å². The van der Waals surface area contributed by atoms with E-state index in [2.05, 4.69) is 205 Å². The summed E-state index contributed by atoms with van der Waals surface area (Å²) in [4.78, 5) is 0. The Kier molecular flexibility index (Phi) is 7.26. The highest BCUT2D eigenvalue weighted by Gasteiger charge is 2.19. The minimum atomic E-state index is 0.910. The van der Waals surface area contributed by atoms with Crippen LogP contribution in [-0.4, -0.2) is 4.57 Å². The van der Waals surface area contributed by atoms with Crippen LogP contribution in [0, 0.1) is 0 Å². The molecule has 0 spiro atoms. The second-order valence-corrected chi connectivity index (χ2v) is 15.2. The van der Waals surface area contributed by atoms with Crippen LogP contribution in [0.1, 0.15) is 0 Å². The molecule has 0 atom stereocenters. The highest BCUT2D eigenvalue weighted by molar-refractivity contribution is 6.22. The maximum Gasteiger partial charge on any atom is 0.143 e. The molecule has 0 amide bonds. The van der Waals surface area contributed by atoms with Crippen LogP contribution < -0.4 is 0 Å². The van der Waals surface area contributed by atoms with Crippen LogP contribution in [0.2, 0.25) is 0 Å². The van der Waals surface area contributed by atoms with Crippen LogP contribution in [-0.2, 0) is 0 Å². The number of hydrogen-bond acceptors (Lipinski definition) is 1. The highest BCUT2D eigenvalue weighted by atomic mass is 16.3. The van der Waals surface area contributed by atoms with Crippen molar-refractivity contribution in [2.75, 3.05) is 0 Å². The summed E-state index contributed by atoms with van der Waals surface area (Å²) in [6, 6.07) is 77.0. The number of aromatic nitrogens is 1. The molecule has 0 aliphatic heterocycles. The normalized spacial score (nSPS) is 11.8. The molecule has 0 unspecified atom stereocenters. The standard InChI is InChI=1S/C56H35NO/c1-3-14-37(15-4-1)54-46-20-7-8-21-47(46)55(38-16-5-2-6-17-38)50-34-39(28-33-48(50)54)36-26-30-41(31-27-36)57-51-24-11-9-18-43(51)44-32-29-40(35-52(44)57)42-22-13-23-49-45-19-10-12-25-53(45)58-56(42)49/h1-35H. The number of benzene rings is 10. The maximum atomic E-state index is 6.48. The topological polar surface area (TPSA) is 18.1 Å². The Morgan fingerprint density at radius 2 is 0.828 bits per heavy atom. The van der Waals surface area contributed by atoms with Crippen molar-refractivity contribution in [3.05, 3.63) is 212 Å². The van der Waals surface area contributed by atoms with Crippen LogP contribution in [0.25, 0.3) is 115 Å². The first-order valence-electron chi connectivity index (χ1n) is 19.9. The lowest BCUT2D eigenvalue weighted by molar-refractivity contribution is 0.670.